The zero-order chi connectivity index (χ0) is 13.9. The van der Waals surface area contributed by atoms with Gasteiger partial charge in [-0.1, -0.05) is 36.4 Å². The number of nitrogens with zero attached hydrogens (tertiary/aromatic N) is 2. The Labute approximate surface area is 116 Å². The van der Waals surface area contributed by atoms with E-state index in [4.69, 9.17) is 5.84 Å². The molecule has 0 radical (unpaired) electrons. The van der Waals surface area contributed by atoms with Gasteiger partial charge in [0.2, 0.25) is 0 Å². The summed E-state index contributed by atoms with van der Waals surface area (Å²) in [6.45, 7) is 0.478. The van der Waals surface area contributed by atoms with Crippen molar-refractivity contribution >= 4 is 17.1 Å². The first kappa shape index (κ1) is 12.4. The van der Waals surface area contributed by atoms with Crippen LogP contribution in [0.1, 0.15) is 11.1 Å². The monoisotopic (exact) mass is 267 g/mol. The number of hydrogen-bond acceptors (Lipinski definition) is 2. The lowest BCUT2D eigenvalue weighted by molar-refractivity contribution is 0.602. The van der Waals surface area contributed by atoms with Crippen LogP contribution in [0.15, 0.2) is 59.8 Å². The minimum atomic E-state index is -0.195. The third-order valence-electron chi connectivity index (χ3n) is 3.33. The second-order valence-electron chi connectivity index (χ2n) is 4.60. The van der Waals surface area contributed by atoms with Crippen molar-refractivity contribution < 1.29 is 4.39 Å². The van der Waals surface area contributed by atoms with Crippen molar-refractivity contribution in [1.29, 1.82) is 0 Å². The highest BCUT2D eigenvalue weighted by atomic mass is 19.1. The molecule has 0 aliphatic rings. The van der Waals surface area contributed by atoms with Gasteiger partial charge in [0, 0.05) is 28.2 Å². The molecular weight excluding hydrogens is 253 g/mol. The maximum absolute atomic E-state index is 13.8. The van der Waals surface area contributed by atoms with Gasteiger partial charge in [-0.3, -0.25) is 0 Å². The maximum atomic E-state index is 13.8. The fourth-order valence-electron chi connectivity index (χ4n) is 2.40. The Bertz CT molecular complexity index is 774. The van der Waals surface area contributed by atoms with E-state index in [0.717, 1.165) is 16.5 Å². The molecule has 0 unspecified atom stereocenters. The predicted octanol–water partition coefficient (Wildman–Crippen LogP) is 3.12. The number of rotatable bonds is 3. The molecule has 3 nitrogen and oxygen atoms in total. The molecule has 0 aliphatic carbocycles. The summed E-state index contributed by atoms with van der Waals surface area (Å²) in [6.07, 6.45) is 3.55. The molecule has 0 spiro atoms. The highest BCUT2D eigenvalue weighted by Gasteiger charge is 2.08. The van der Waals surface area contributed by atoms with Gasteiger partial charge < -0.3 is 10.4 Å². The van der Waals surface area contributed by atoms with Crippen LogP contribution in [0, 0.1) is 5.82 Å². The van der Waals surface area contributed by atoms with E-state index in [9.17, 15) is 4.39 Å². The van der Waals surface area contributed by atoms with Gasteiger partial charge in [0.15, 0.2) is 0 Å². The van der Waals surface area contributed by atoms with Crippen LogP contribution in [0.5, 0.6) is 0 Å². The van der Waals surface area contributed by atoms with E-state index >= 15 is 0 Å². The van der Waals surface area contributed by atoms with Crippen molar-refractivity contribution in [2.45, 2.75) is 6.54 Å². The van der Waals surface area contributed by atoms with Gasteiger partial charge in [-0.05, 0) is 12.1 Å². The summed E-state index contributed by atoms with van der Waals surface area (Å²) in [5.74, 6) is 5.04. The van der Waals surface area contributed by atoms with E-state index in [0.29, 0.717) is 12.1 Å². The van der Waals surface area contributed by atoms with Crippen LogP contribution in [-0.2, 0) is 6.54 Å². The molecule has 0 amide bonds. The molecule has 1 aromatic heterocycles. The summed E-state index contributed by atoms with van der Waals surface area (Å²) in [5.41, 5.74) is 2.62. The van der Waals surface area contributed by atoms with E-state index in [1.165, 1.54) is 6.07 Å². The lowest BCUT2D eigenvalue weighted by Gasteiger charge is -2.06. The fourth-order valence-corrected chi connectivity index (χ4v) is 2.40. The van der Waals surface area contributed by atoms with Crippen LogP contribution in [0.3, 0.4) is 0 Å². The minimum Gasteiger partial charge on any atom is -0.342 e. The molecule has 2 aromatic carbocycles. The van der Waals surface area contributed by atoms with Gasteiger partial charge in [0.25, 0.3) is 0 Å². The topological polar surface area (TPSA) is 43.3 Å². The quantitative estimate of drug-likeness (QED) is 0.442. The molecule has 2 N–H and O–H groups in total. The number of nitrogens with two attached hydrogens (primary N) is 1. The van der Waals surface area contributed by atoms with Crippen LogP contribution >= 0.6 is 0 Å². The van der Waals surface area contributed by atoms with Crippen molar-refractivity contribution in [1.82, 2.24) is 4.57 Å². The molecule has 4 heteroatoms. The molecular formula is C16H14FN3. The van der Waals surface area contributed by atoms with Gasteiger partial charge in [0.1, 0.15) is 5.82 Å². The van der Waals surface area contributed by atoms with E-state index < -0.39 is 0 Å². The second kappa shape index (κ2) is 5.17. The molecule has 100 valence electrons. The second-order valence-corrected chi connectivity index (χ2v) is 4.60. The Balaban J connectivity index is 2.10. The van der Waals surface area contributed by atoms with Gasteiger partial charge in [-0.2, -0.15) is 5.10 Å². The minimum absolute atomic E-state index is 0.195. The zero-order valence-corrected chi connectivity index (χ0v) is 10.8. The highest BCUT2D eigenvalue weighted by Crippen LogP contribution is 2.21. The molecule has 0 bridgehead atoms. The Hall–Kier alpha value is -2.62. The number of fused-ring (bicyclic) bond motifs is 1. The van der Waals surface area contributed by atoms with Crippen LogP contribution in [-0.4, -0.2) is 10.8 Å². The summed E-state index contributed by atoms with van der Waals surface area (Å²) in [7, 11) is 0. The van der Waals surface area contributed by atoms with E-state index in [-0.39, 0.29) is 5.82 Å². The third-order valence-corrected chi connectivity index (χ3v) is 3.33. The first-order valence-electron chi connectivity index (χ1n) is 6.34. The van der Waals surface area contributed by atoms with Crippen molar-refractivity contribution in [2.75, 3.05) is 0 Å². The standard InChI is InChI=1S/C16H14FN3/c17-15-7-3-1-5-12(15)10-20-11-13(9-19-18)14-6-2-4-8-16(14)20/h1-9,11H,10,18H2. The van der Waals surface area contributed by atoms with Crippen LogP contribution < -0.4 is 5.84 Å². The third kappa shape index (κ3) is 2.16. The number of halogens is 1. The fraction of sp³-hybridized carbons (Fsp3) is 0.0625. The Morgan fingerprint density at radius 3 is 2.65 bits per heavy atom. The Kier molecular flexibility index (Phi) is 3.21. The Morgan fingerprint density at radius 1 is 1.10 bits per heavy atom. The molecule has 20 heavy (non-hydrogen) atoms. The smallest absolute Gasteiger partial charge is 0.128 e. The SMILES string of the molecule is NN=Cc1cn(Cc2ccccc2F)c2ccccc12. The van der Waals surface area contributed by atoms with Crippen LogP contribution in [0.2, 0.25) is 0 Å². The molecule has 1 heterocycles. The summed E-state index contributed by atoms with van der Waals surface area (Å²) in [4.78, 5) is 0. The van der Waals surface area contributed by atoms with Crippen molar-refractivity contribution in [2.24, 2.45) is 10.9 Å². The van der Waals surface area contributed by atoms with E-state index in [1.54, 1.807) is 18.3 Å². The molecule has 0 saturated carbocycles. The van der Waals surface area contributed by atoms with Gasteiger partial charge in [0.05, 0.1) is 12.8 Å². The number of hydrazone groups is 1. The molecule has 3 rings (SSSR count). The Morgan fingerprint density at radius 2 is 1.85 bits per heavy atom. The lowest BCUT2D eigenvalue weighted by atomic mass is 10.2. The van der Waals surface area contributed by atoms with Gasteiger partial charge in [-0.25, -0.2) is 4.39 Å². The highest BCUT2D eigenvalue weighted by molar-refractivity contribution is 5.99. The van der Waals surface area contributed by atoms with E-state index in [2.05, 4.69) is 5.10 Å². The van der Waals surface area contributed by atoms with Crippen molar-refractivity contribution in [3.63, 3.8) is 0 Å². The average Bonchev–Trinajstić information content (AvgIpc) is 2.81. The summed E-state index contributed by atoms with van der Waals surface area (Å²) in [6, 6.07) is 14.7. The normalized spacial score (nSPS) is 11.4. The molecule has 3 aromatic rings. The molecule has 0 saturated heterocycles. The lowest BCUT2D eigenvalue weighted by Crippen LogP contribution is -2.00. The van der Waals surface area contributed by atoms with Crippen molar-refractivity contribution in [3.05, 3.63) is 71.7 Å². The first-order chi connectivity index (χ1) is 9.79. The summed E-state index contributed by atoms with van der Waals surface area (Å²) in [5, 5.41) is 4.64. The first-order valence-corrected chi connectivity index (χ1v) is 6.34. The van der Waals surface area contributed by atoms with Crippen LogP contribution in [0.25, 0.3) is 10.9 Å². The van der Waals surface area contributed by atoms with Gasteiger partial charge >= 0.3 is 0 Å². The van der Waals surface area contributed by atoms with Crippen LogP contribution in [0.4, 0.5) is 4.39 Å². The summed E-state index contributed by atoms with van der Waals surface area (Å²) < 4.78 is 15.8. The largest absolute Gasteiger partial charge is 0.342 e. The predicted molar refractivity (Wildman–Crippen MR) is 79.2 cm³/mol. The number of hydrogen-bond donors (Lipinski definition) is 1. The number of benzene rings is 2. The molecule has 0 aliphatic heterocycles. The van der Waals surface area contributed by atoms with E-state index in [1.807, 2.05) is 41.1 Å². The van der Waals surface area contributed by atoms with Crippen molar-refractivity contribution in [3.8, 4) is 0 Å². The summed E-state index contributed by atoms with van der Waals surface area (Å²) >= 11 is 0. The molecule has 0 atom stereocenters. The molecule has 0 fully saturated rings. The number of para-hydroxylation sites is 1. The maximum Gasteiger partial charge on any atom is 0.128 e. The van der Waals surface area contributed by atoms with Gasteiger partial charge in [-0.15, -0.1) is 0 Å². The average molecular weight is 267 g/mol. The number of aromatic nitrogens is 1. The zero-order valence-electron chi connectivity index (χ0n) is 10.8.